The zero-order valence-corrected chi connectivity index (χ0v) is 12.4. The van der Waals surface area contributed by atoms with Gasteiger partial charge in [0.25, 0.3) is 0 Å². The molecule has 0 spiro atoms. The third-order valence-corrected chi connectivity index (χ3v) is 3.63. The lowest BCUT2D eigenvalue weighted by atomic mass is 10.0. The molecular weight excluding hydrogens is 286 g/mol. The quantitative estimate of drug-likeness (QED) is 0.861. The van der Waals surface area contributed by atoms with Crippen LogP contribution in [0.2, 0.25) is 5.02 Å². The van der Waals surface area contributed by atoms with Gasteiger partial charge in [-0.1, -0.05) is 60.1 Å². The molecule has 110 valence electrons. The third-order valence-electron chi connectivity index (χ3n) is 3.26. The second kappa shape index (κ2) is 7.81. The van der Waals surface area contributed by atoms with Crippen LogP contribution in [-0.4, -0.2) is 17.6 Å². The fourth-order valence-electron chi connectivity index (χ4n) is 2.20. The van der Waals surface area contributed by atoms with E-state index in [-0.39, 0.29) is 25.0 Å². The van der Waals surface area contributed by atoms with Crippen molar-refractivity contribution in [2.24, 2.45) is 0 Å². The van der Waals surface area contributed by atoms with E-state index in [0.29, 0.717) is 11.4 Å². The molecule has 0 fully saturated rings. The van der Waals surface area contributed by atoms with Gasteiger partial charge in [-0.05, 0) is 23.6 Å². The van der Waals surface area contributed by atoms with Crippen molar-refractivity contribution in [3.8, 4) is 0 Å². The molecule has 0 aliphatic carbocycles. The summed E-state index contributed by atoms with van der Waals surface area (Å²) in [4.78, 5) is 12.2. The van der Waals surface area contributed by atoms with Gasteiger partial charge in [-0.25, -0.2) is 0 Å². The molecule has 1 unspecified atom stereocenters. The summed E-state index contributed by atoms with van der Waals surface area (Å²) in [5.74, 6) is -0.106. The lowest BCUT2D eigenvalue weighted by molar-refractivity contribution is -0.121. The monoisotopic (exact) mass is 303 g/mol. The average molecular weight is 304 g/mol. The van der Waals surface area contributed by atoms with Crippen LogP contribution in [0.1, 0.15) is 23.6 Å². The number of aliphatic hydroxyl groups is 1. The van der Waals surface area contributed by atoms with Gasteiger partial charge in [-0.15, -0.1) is 0 Å². The number of hydrogen-bond acceptors (Lipinski definition) is 2. The highest BCUT2D eigenvalue weighted by Crippen LogP contribution is 2.18. The average Bonchev–Trinajstić information content (AvgIpc) is 2.50. The van der Waals surface area contributed by atoms with E-state index in [9.17, 15) is 9.90 Å². The van der Waals surface area contributed by atoms with Gasteiger partial charge in [0.15, 0.2) is 0 Å². The Bertz CT molecular complexity index is 586. The van der Waals surface area contributed by atoms with Crippen molar-refractivity contribution in [1.29, 1.82) is 0 Å². The molecule has 0 bridgehead atoms. The zero-order chi connectivity index (χ0) is 15.1. The number of aliphatic hydroxyl groups excluding tert-OH is 1. The standard InChI is InChI=1S/C17H18ClNO2/c18-15-9-5-4-8-14(15)12-17(21)19-16(10-11-20)13-6-2-1-3-7-13/h1-9,16,20H,10-12H2,(H,19,21). The SMILES string of the molecule is O=C(Cc1ccccc1Cl)NC(CCO)c1ccccc1. The van der Waals surface area contributed by atoms with Crippen LogP contribution in [0.25, 0.3) is 0 Å². The minimum atomic E-state index is -0.189. The van der Waals surface area contributed by atoms with Crippen molar-refractivity contribution in [3.05, 3.63) is 70.7 Å². The predicted octanol–water partition coefficient (Wildman–Crippen LogP) is 3.12. The fourth-order valence-corrected chi connectivity index (χ4v) is 2.40. The van der Waals surface area contributed by atoms with Crippen LogP contribution in [0, 0.1) is 0 Å². The lowest BCUT2D eigenvalue weighted by Gasteiger charge is -2.18. The first kappa shape index (κ1) is 15.5. The van der Waals surface area contributed by atoms with Gasteiger partial charge in [0.05, 0.1) is 12.5 Å². The molecule has 0 saturated heterocycles. The molecule has 2 rings (SSSR count). The van der Waals surface area contributed by atoms with Crippen LogP contribution < -0.4 is 5.32 Å². The van der Waals surface area contributed by atoms with Crippen molar-refractivity contribution in [2.45, 2.75) is 18.9 Å². The molecule has 0 heterocycles. The summed E-state index contributed by atoms with van der Waals surface area (Å²) >= 11 is 6.06. The van der Waals surface area contributed by atoms with E-state index in [1.807, 2.05) is 48.5 Å². The van der Waals surface area contributed by atoms with Crippen molar-refractivity contribution in [1.82, 2.24) is 5.32 Å². The number of halogens is 1. The van der Waals surface area contributed by atoms with Crippen molar-refractivity contribution >= 4 is 17.5 Å². The fraction of sp³-hybridized carbons (Fsp3) is 0.235. The zero-order valence-electron chi connectivity index (χ0n) is 11.6. The Morgan fingerprint density at radius 2 is 1.76 bits per heavy atom. The van der Waals surface area contributed by atoms with Gasteiger partial charge in [0.1, 0.15) is 0 Å². The van der Waals surface area contributed by atoms with Crippen LogP contribution in [0.15, 0.2) is 54.6 Å². The Hall–Kier alpha value is -1.84. The topological polar surface area (TPSA) is 49.3 Å². The minimum Gasteiger partial charge on any atom is -0.396 e. The predicted molar refractivity (Wildman–Crippen MR) is 84.2 cm³/mol. The first-order chi connectivity index (χ1) is 10.2. The van der Waals surface area contributed by atoms with Crippen molar-refractivity contribution in [3.63, 3.8) is 0 Å². The van der Waals surface area contributed by atoms with E-state index in [1.54, 1.807) is 6.07 Å². The van der Waals surface area contributed by atoms with Gasteiger partial charge in [-0.2, -0.15) is 0 Å². The largest absolute Gasteiger partial charge is 0.396 e. The molecule has 1 atom stereocenters. The molecule has 2 aromatic carbocycles. The Balaban J connectivity index is 2.04. The number of benzene rings is 2. The molecule has 1 amide bonds. The van der Waals surface area contributed by atoms with Crippen LogP contribution in [-0.2, 0) is 11.2 Å². The van der Waals surface area contributed by atoms with E-state index in [1.165, 1.54) is 0 Å². The van der Waals surface area contributed by atoms with E-state index in [0.717, 1.165) is 11.1 Å². The molecule has 0 aliphatic rings. The van der Waals surface area contributed by atoms with Gasteiger partial charge in [-0.3, -0.25) is 4.79 Å². The van der Waals surface area contributed by atoms with Gasteiger partial charge < -0.3 is 10.4 Å². The molecular formula is C17H18ClNO2. The second-order valence-electron chi connectivity index (χ2n) is 4.81. The van der Waals surface area contributed by atoms with Gasteiger partial charge in [0, 0.05) is 11.6 Å². The van der Waals surface area contributed by atoms with Crippen LogP contribution in [0.4, 0.5) is 0 Å². The molecule has 0 aromatic heterocycles. The van der Waals surface area contributed by atoms with E-state index in [2.05, 4.69) is 5.32 Å². The van der Waals surface area contributed by atoms with Crippen molar-refractivity contribution < 1.29 is 9.90 Å². The summed E-state index contributed by atoms with van der Waals surface area (Å²) in [6.07, 6.45) is 0.715. The van der Waals surface area contributed by atoms with E-state index < -0.39 is 0 Å². The normalized spacial score (nSPS) is 11.9. The molecule has 0 aliphatic heterocycles. The minimum absolute atomic E-state index is 0.0198. The maximum atomic E-state index is 12.2. The van der Waals surface area contributed by atoms with Crippen LogP contribution in [0.5, 0.6) is 0 Å². The lowest BCUT2D eigenvalue weighted by Crippen LogP contribution is -2.30. The Morgan fingerprint density at radius 1 is 1.10 bits per heavy atom. The highest BCUT2D eigenvalue weighted by Gasteiger charge is 2.15. The van der Waals surface area contributed by atoms with Crippen molar-refractivity contribution in [2.75, 3.05) is 6.61 Å². The summed E-state index contributed by atoms with van der Waals surface area (Å²) in [5, 5.41) is 12.7. The Kier molecular flexibility index (Phi) is 5.78. The number of carbonyl (C=O) groups excluding carboxylic acids is 1. The Labute approximate surface area is 129 Å². The maximum Gasteiger partial charge on any atom is 0.224 e. The summed E-state index contributed by atoms with van der Waals surface area (Å²) in [7, 11) is 0. The highest BCUT2D eigenvalue weighted by atomic mass is 35.5. The number of rotatable bonds is 6. The summed E-state index contributed by atoms with van der Waals surface area (Å²) in [5.41, 5.74) is 1.78. The molecule has 0 radical (unpaired) electrons. The molecule has 3 nitrogen and oxygen atoms in total. The van der Waals surface area contributed by atoms with Gasteiger partial charge in [0.2, 0.25) is 5.91 Å². The van der Waals surface area contributed by atoms with E-state index in [4.69, 9.17) is 11.6 Å². The van der Waals surface area contributed by atoms with Crippen LogP contribution >= 0.6 is 11.6 Å². The molecule has 2 N–H and O–H groups in total. The van der Waals surface area contributed by atoms with Gasteiger partial charge >= 0.3 is 0 Å². The first-order valence-electron chi connectivity index (χ1n) is 6.89. The Morgan fingerprint density at radius 3 is 2.43 bits per heavy atom. The summed E-state index contributed by atoms with van der Waals surface area (Å²) < 4.78 is 0. The molecule has 21 heavy (non-hydrogen) atoms. The molecule has 2 aromatic rings. The molecule has 4 heteroatoms. The summed E-state index contributed by atoms with van der Waals surface area (Å²) in [6.45, 7) is 0.0198. The number of amides is 1. The highest BCUT2D eigenvalue weighted by molar-refractivity contribution is 6.31. The number of nitrogens with one attached hydrogen (secondary N) is 1. The molecule has 0 saturated carbocycles. The first-order valence-corrected chi connectivity index (χ1v) is 7.27. The maximum absolute atomic E-state index is 12.2. The smallest absolute Gasteiger partial charge is 0.224 e. The second-order valence-corrected chi connectivity index (χ2v) is 5.22. The third kappa shape index (κ3) is 4.59. The van der Waals surface area contributed by atoms with Crippen LogP contribution in [0.3, 0.4) is 0 Å². The number of carbonyl (C=O) groups is 1. The van der Waals surface area contributed by atoms with E-state index >= 15 is 0 Å². The number of hydrogen-bond donors (Lipinski definition) is 2. The summed E-state index contributed by atoms with van der Waals surface area (Å²) in [6, 6.07) is 16.8.